The predicted octanol–water partition coefficient (Wildman–Crippen LogP) is 1.41. The lowest BCUT2D eigenvalue weighted by Gasteiger charge is -2.02. The molecule has 0 aromatic carbocycles. The van der Waals surface area contributed by atoms with Gasteiger partial charge in [0, 0.05) is 0 Å². The Morgan fingerprint density at radius 2 is 1.44 bits per heavy atom. The maximum atomic E-state index is 10.5. The van der Waals surface area contributed by atoms with Crippen LogP contribution in [0.25, 0.3) is 0 Å². The molecule has 2 N–H and O–H groups in total. The maximum Gasteiger partial charge on any atom is 0.508 e. The number of rotatable bonds is 5. The fraction of sp³-hybridized carbons (Fsp3) is 0.800. The van der Waals surface area contributed by atoms with Gasteiger partial charge in [-0.15, -0.1) is 0 Å². The molecular formula is C10H20O6. The lowest BCUT2D eigenvalue weighted by molar-refractivity contribution is -0.145. The van der Waals surface area contributed by atoms with Crippen LogP contribution in [0.2, 0.25) is 0 Å². The van der Waals surface area contributed by atoms with E-state index in [0.717, 1.165) is 12.8 Å². The summed E-state index contributed by atoms with van der Waals surface area (Å²) in [7, 11) is 0. The van der Waals surface area contributed by atoms with E-state index in [1.54, 1.807) is 0 Å². The van der Waals surface area contributed by atoms with Gasteiger partial charge >= 0.3 is 12.1 Å². The Labute approximate surface area is 95.2 Å². The molecule has 0 rings (SSSR count). The second-order valence-electron chi connectivity index (χ2n) is 2.96. The number of hydrogen-bond acceptors (Lipinski definition) is 5. The van der Waals surface area contributed by atoms with E-state index in [1.807, 2.05) is 13.8 Å². The van der Waals surface area contributed by atoms with E-state index in [4.69, 9.17) is 10.2 Å². The summed E-state index contributed by atoms with van der Waals surface area (Å²) in [6.45, 7) is 5.97. The van der Waals surface area contributed by atoms with Crippen molar-refractivity contribution in [2.24, 2.45) is 0 Å². The summed E-state index contributed by atoms with van der Waals surface area (Å²) in [4.78, 5) is 20.0. The molecule has 0 aliphatic rings. The molecule has 0 fully saturated rings. The molecule has 0 radical (unpaired) electrons. The Balaban J connectivity index is 0. The molecule has 0 spiro atoms. The molecular weight excluding hydrogens is 216 g/mol. The van der Waals surface area contributed by atoms with Crippen LogP contribution in [-0.4, -0.2) is 41.7 Å². The molecule has 0 saturated carbocycles. The average molecular weight is 236 g/mol. The lowest BCUT2D eigenvalue weighted by atomic mass is 10.4. The second kappa shape index (κ2) is 11.8. The Morgan fingerprint density at radius 1 is 1.12 bits per heavy atom. The van der Waals surface area contributed by atoms with Crippen molar-refractivity contribution < 1.29 is 29.3 Å². The first-order chi connectivity index (χ1) is 7.45. The summed E-state index contributed by atoms with van der Waals surface area (Å²) in [5.74, 6) is -1.19. The third-order valence-electron chi connectivity index (χ3n) is 1.21. The molecule has 96 valence electrons. The van der Waals surface area contributed by atoms with E-state index in [2.05, 4.69) is 9.47 Å². The zero-order chi connectivity index (χ0) is 13.0. The van der Waals surface area contributed by atoms with Gasteiger partial charge in [-0.25, -0.2) is 9.59 Å². The highest BCUT2D eigenvalue weighted by molar-refractivity contribution is 5.71. The Hall–Kier alpha value is -1.30. The molecule has 0 aromatic heterocycles. The predicted molar refractivity (Wildman–Crippen MR) is 57.2 cm³/mol. The van der Waals surface area contributed by atoms with Crippen molar-refractivity contribution in [3.05, 3.63) is 0 Å². The number of carbonyl (C=O) groups excluding carboxylic acids is 1. The number of ether oxygens (including phenoxy) is 2. The van der Waals surface area contributed by atoms with E-state index < -0.39 is 18.2 Å². The minimum Gasteiger partial charge on any atom is -0.479 e. The SMILES string of the molecule is CC(O)C(=O)O.CCCOC(=O)OCCC. The van der Waals surface area contributed by atoms with Crippen molar-refractivity contribution in [1.82, 2.24) is 0 Å². The topological polar surface area (TPSA) is 93.1 Å². The zero-order valence-electron chi connectivity index (χ0n) is 9.93. The van der Waals surface area contributed by atoms with Crippen LogP contribution in [0.15, 0.2) is 0 Å². The third kappa shape index (κ3) is 15.2. The van der Waals surface area contributed by atoms with E-state index in [1.165, 1.54) is 6.92 Å². The van der Waals surface area contributed by atoms with Crippen molar-refractivity contribution in [1.29, 1.82) is 0 Å². The zero-order valence-corrected chi connectivity index (χ0v) is 9.93. The van der Waals surface area contributed by atoms with Crippen LogP contribution in [-0.2, 0) is 14.3 Å². The molecule has 0 heterocycles. The molecule has 1 atom stereocenters. The number of hydrogen-bond donors (Lipinski definition) is 2. The van der Waals surface area contributed by atoms with Crippen molar-refractivity contribution >= 4 is 12.1 Å². The number of carboxylic acid groups (broad SMARTS) is 1. The summed E-state index contributed by atoms with van der Waals surface area (Å²) < 4.78 is 9.26. The first-order valence-corrected chi connectivity index (χ1v) is 5.16. The van der Waals surface area contributed by atoms with Gasteiger partial charge in [0.15, 0.2) is 0 Å². The minimum absolute atomic E-state index is 0.447. The molecule has 0 aliphatic carbocycles. The number of aliphatic hydroxyl groups excluding tert-OH is 1. The average Bonchev–Trinajstić information content (AvgIpc) is 2.24. The van der Waals surface area contributed by atoms with Crippen molar-refractivity contribution in [2.45, 2.75) is 39.7 Å². The normalized spacial score (nSPS) is 10.8. The van der Waals surface area contributed by atoms with E-state index in [9.17, 15) is 9.59 Å². The third-order valence-corrected chi connectivity index (χ3v) is 1.21. The van der Waals surface area contributed by atoms with Gasteiger partial charge in [-0.3, -0.25) is 0 Å². The van der Waals surface area contributed by atoms with E-state index in [0.29, 0.717) is 13.2 Å². The minimum atomic E-state index is -1.23. The number of aliphatic hydroxyl groups is 1. The van der Waals surface area contributed by atoms with Gasteiger partial charge in [0.1, 0.15) is 6.10 Å². The van der Waals surface area contributed by atoms with Gasteiger partial charge < -0.3 is 19.7 Å². The van der Waals surface area contributed by atoms with E-state index in [-0.39, 0.29) is 0 Å². The Kier molecular flexibility index (Phi) is 12.6. The number of aliphatic carboxylic acids is 1. The van der Waals surface area contributed by atoms with E-state index >= 15 is 0 Å². The second-order valence-corrected chi connectivity index (χ2v) is 2.96. The number of carbonyl (C=O) groups is 2. The standard InChI is InChI=1S/C7H14O3.C3H6O3/c1-3-5-9-7(8)10-6-4-2;1-2(4)3(5)6/h3-6H2,1-2H3;2,4H,1H3,(H,5,6). The molecule has 6 nitrogen and oxygen atoms in total. The summed E-state index contributed by atoms with van der Waals surface area (Å²) in [6, 6.07) is 0. The van der Waals surface area contributed by atoms with Gasteiger partial charge in [0.05, 0.1) is 13.2 Å². The maximum absolute atomic E-state index is 10.5. The molecule has 0 saturated heterocycles. The summed E-state index contributed by atoms with van der Waals surface area (Å²) in [5, 5.41) is 15.8. The number of carboxylic acids is 1. The van der Waals surface area contributed by atoms with Crippen LogP contribution in [0.3, 0.4) is 0 Å². The van der Waals surface area contributed by atoms with Gasteiger partial charge in [-0.05, 0) is 19.8 Å². The summed E-state index contributed by atoms with van der Waals surface area (Å²) >= 11 is 0. The fourth-order valence-electron chi connectivity index (χ4n) is 0.412. The van der Waals surface area contributed by atoms with Crippen molar-refractivity contribution in [3.63, 3.8) is 0 Å². The highest BCUT2D eigenvalue weighted by atomic mass is 16.7. The van der Waals surface area contributed by atoms with Crippen molar-refractivity contribution in [3.8, 4) is 0 Å². The quantitative estimate of drug-likeness (QED) is 0.701. The Bertz CT molecular complexity index is 180. The van der Waals surface area contributed by atoms with Gasteiger partial charge in [0.25, 0.3) is 0 Å². The van der Waals surface area contributed by atoms with Crippen LogP contribution < -0.4 is 0 Å². The highest BCUT2D eigenvalue weighted by Gasteiger charge is 2.01. The Morgan fingerprint density at radius 3 is 1.62 bits per heavy atom. The molecule has 6 heteroatoms. The van der Waals surface area contributed by atoms with Gasteiger partial charge in [-0.1, -0.05) is 13.8 Å². The molecule has 0 amide bonds. The van der Waals surface area contributed by atoms with Crippen LogP contribution in [0.1, 0.15) is 33.6 Å². The van der Waals surface area contributed by atoms with Gasteiger partial charge in [0.2, 0.25) is 0 Å². The first kappa shape index (κ1) is 17.1. The fourth-order valence-corrected chi connectivity index (χ4v) is 0.412. The molecule has 0 aliphatic heterocycles. The van der Waals surface area contributed by atoms with Crippen LogP contribution in [0.4, 0.5) is 4.79 Å². The molecule has 0 bridgehead atoms. The monoisotopic (exact) mass is 236 g/mol. The van der Waals surface area contributed by atoms with Crippen LogP contribution >= 0.6 is 0 Å². The summed E-state index contributed by atoms with van der Waals surface area (Å²) in [6.07, 6.45) is -0.115. The highest BCUT2D eigenvalue weighted by Crippen LogP contribution is 1.88. The van der Waals surface area contributed by atoms with Gasteiger partial charge in [-0.2, -0.15) is 0 Å². The summed E-state index contributed by atoms with van der Waals surface area (Å²) in [5.41, 5.74) is 0. The largest absolute Gasteiger partial charge is 0.508 e. The lowest BCUT2D eigenvalue weighted by Crippen LogP contribution is -2.13. The molecule has 0 aromatic rings. The van der Waals surface area contributed by atoms with Crippen LogP contribution in [0, 0.1) is 0 Å². The molecule has 16 heavy (non-hydrogen) atoms. The van der Waals surface area contributed by atoms with Crippen molar-refractivity contribution in [2.75, 3.05) is 13.2 Å². The van der Waals surface area contributed by atoms with Crippen LogP contribution in [0.5, 0.6) is 0 Å². The first-order valence-electron chi connectivity index (χ1n) is 5.16. The molecule has 1 unspecified atom stereocenters. The smallest absolute Gasteiger partial charge is 0.479 e.